The Morgan fingerprint density at radius 3 is 2.53 bits per heavy atom. The van der Waals surface area contributed by atoms with E-state index in [0.29, 0.717) is 0 Å². The molecule has 2 aliphatic rings. The number of nitrogens with zero attached hydrogens (tertiary/aromatic N) is 2. The molecule has 1 amide bonds. The second kappa shape index (κ2) is 6.38. The summed E-state index contributed by atoms with van der Waals surface area (Å²) in [4.78, 5) is 14.8. The van der Waals surface area contributed by atoms with Gasteiger partial charge >= 0.3 is 0 Å². The van der Waals surface area contributed by atoms with Crippen molar-refractivity contribution in [3.05, 3.63) is 0 Å². The number of likely N-dealkylation sites (N-methyl/N-ethyl adjacent to an activating group) is 1. The number of carbonyl (C=O) groups excluding carboxylic acids is 1. The van der Waals surface area contributed by atoms with Crippen LogP contribution >= 0.6 is 0 Å². The molecule has 2 fully saturated rings. The summed E-state index contributed by atoms with van der Waals surface area (Å²) in [7, 11) is 2.09. The van der Waals surface area contributed by atoms with Gasteiger partial charge in [0.15, 0.2) is 0 Å². The van der Waals surface area contributed by atoms with Gasteiger partial charge in [-0.1, -0.05) is 25.7 Å². The van der Waals surface area contributed by atoms with E-state index in [1.807, 2.05) is 0 Å². The Bertz CT molecular complexity index is 353. The molecule has 19 heavy (non-hydrogen) atoms. The highest BCUT2D eigenvalue weighted by atomic mass is 16.2. The fourth-order valence-corrected chi connectivity index (χ4v) is 3.33. The monoisotopic (exact) mass is 263 g/mol. The van der Waals surface area contributed by atoms with Crippen LogP contribution in [0.2, 0.25) is 0 Å². The van der Waals surface area contributed by atoms with Crippen molar-refractivity contribution >= 4 is 5.91 Å². The quantitative estimate of drug-likeness (QED) is 0.776. The minimum Gasteiger partial charge on any atom is -0.351 e. The average Bonchev–Trinajstić information content (AvgIpc) is 2.65. The summed E-state index contributed by atoms with van der Waals surface area (Å²) >= 11 is 0. The third-order valence-electron chi connectivity index (χ3n) is 4.57. The van der Waals surface area contributed by atoms with Crippen LogP contribution in [0.1, 0.15) is 51.4 Å². The van der Waals surface area contributed by atoms with Crippen molar-refractivity contribution < 1.29 is 4.79 Å². The lowest BCUT2D eigenvalue weighted by molar-refractivity contribution is -0.129. The molecule has 0 radical (unpaired) electrons. The van der Waals surface area contributed by atoms with E-state index in [4.69, 9.17) is 0 Å². The van der Waals surface area contributed by atoms with E-state index in [2.05, 4.69) is 23.3 Å². The van der Waals surface area contributed by atoms with E-state index in [1.54, 1.807) is 0 Å². The molecule has 1 N–H and O–H groups in total. The number of likely N-dealkylation sites (tertiary alicyclic amines) is 1. The van der Waals surface area contributed by atoms with Crippen molar-refractivity contribution in [2.75, 3.05) is 20.1 Å². The van der Waals surface area contributed by atoms with Gasteiger partial charge in [-0.05, 0) is 39.3 Å². The van der Waals surface area contributed by atoms with Crippen LogP contribution in [-0.2, 0) is 4.79 Å². The van der Waals surface area contributed by atoms with Crippen molar-refractivity contribution in [2.45, 2.75) is 57.4 Å². The van der Waals surface area contributed by atoms with Gasteiger partial charge in [0.1, 0.15) is 5.41 Å². The van der Waals surface area contributed by atoms with E-state index in [1.165, 1.54) is 0 Å². The molecule has 1 atom stereocenters. The standard InChI is InChI=1S/C15H25N3O/c1-18-10-6-7-13(11-18)17-14(19)15(12-16)8-4-2-3-5-9-15/h13H,2-11H2,1H3,(H,17,19). The number of rotatable bonds is 2. The van der Waals surface area contributed by atoms with Crippen molar-refractivity contribution in [1.82, 2.24) is 10.2 Å². The zero-order chi connectivity index (χ0) is 13.7. The van der Waals surface area contributed by atoms with Crippen LogP contribution in [0, 0.1) is 16.7 Å². The van der Waals surface area contributed by atoms with Crippen LogP contribution in [0.15, 0.2) is 0 Å². The van der Waals surface area contributed by atoms with Gasteiger partial charge in [0.05, 0.1) is 6.07 Å². The molecule has 1 aliphatic heterocycles. The summed E-state index contributed by atoms with van der Waals surface area (Å²) < 4.78 is 0. The van der Waals surface area contributed by atoms with Gasteiger partial charge in [0, 0.05) is 12.6 Å². The Morgan fingerprint density at radius 1 is 1.26 bits per heavy atom. The SMILES string of the molecule is CN1CCCC(NC(=O)C2(C#N)CCCCCC2)C1. The van der Waals surface area contributed by atoms with Crippen LogP contribution in [0.3, 0.4) is 0 Å². The van der Waals surface area contributed by atoms with Crippen molar-refractivity contribution in [3.63, 3.8) is 0 Å². The van der Waals surface area contributed by atoms with Crippen LogP contribution in [0.5, 0.6) is 0 Å². The molecule has 4 nitrogen and oxygen atoms in total. The molecule has 1 aliphatic carbocycles. The van der Waals surface area contributed by atoms with Crippen LogP contribution in [0.25, 0.3) is 0 Å². The molecular weight excluding hydrogens is 238 g/mol. The number of nitrogens with one attached hydrogen (secondary N) is 1. The third-order valence-corrected chi connectivity index (χ3v) is 4.57. The van der Waals surface area contributed by atoms with Gasteiger partial charge in [0.2, 0.25) is 5.91 Å². The number of hydrogen-bond acceptors (Lipinski definition) is 3. The molecule has 106 valence electrons. The molecule has 0 spiro atoms. The summed E-state index contributed by atoms with van der Waals surface area (Å²) in [5, 5.41) is 12.6. The summed E-state index contributed by atoms with van der Waals surface area (Å²) in [5.41, 5.74) is -0.757. The zero-order valence-electron chi connectivity index (χ0n) is 12.0. The first kappa shape index (κ1) is 14.3. The Hall–Kier alpha value is -1.08. The Balaban J connectivity index is 1.98. The van der Waals surface area contributed by atoms with Crippen LogP contribution < -0.4 is 5.32 Å². The van der Waals surface area contributed by atoms with Gasteiger partial charge in [-0.2, -0.15) is 5.26 Å². The van der Waals surface area contributed by atoms with E-state index >= 15 is 0 Å². The summed E-state index contributed by atoms with van der Waals surface area (Å²) in [5.74, 6) is -0.0165. The molecule has 0 aromatic carbocycles. The van der Waals surface area contributed by atoms with Crippen molar-refractivity contribution in [2.24, 2.45) is 5.41 Å². The summed E-state index contributed by atoms with van der Waals surface area (Å²) in [6, 6.07) is 2.55. The molecule has 1 heterocycles. The minimum atomic E-state index is -0.757. The van der Waals surface area contributed by atoms with Gasteiger partial charge in [-0.15, -0.1) is 0 Å². The molecule has 4 heteroatoms. The Labute approximate surface area is 116 Å². The maximum absolute atomic E-state index is 12.5. The lowest BCUT2D eigenvalue weighted by atomic mass is 9.80. The largest absolute Gasteiger partial charge is 0.351 e. The average molecular weight is 263 g/mol. The van der Waals surface area contributed by atoms with Gasteiger partial charge in [-0.3, -0.25) is 4.79 Å². The highest BCUT2D eigenvalue weighted by Crippen LogP contribution is 2.35. The van der Waals surface area contributed by atoms with E-state index < -0.39 is 5.41 Å². The molecule has 0 aromatic rings. The maximum Gasteiger partial charge on any atom is 0.240 e. The maximum atomic E-state index is 12.5. The molecule has 1 unspecified atom stereocenters. The van der Waals surface area contributed by atoms with Gasteiger partial charge in [0.25, 0.3) is 0 Å². The number of piperidine rings is 1. The van der Waals surface area contributed by atoms with Crippen molar-refractivity contribution in [3.8, 4) is 6.07 Å². The second-order valence-corrected chi connectivity index (χ2v) is 6.18. The number of hydrogen-bond donors (Lipinski definition) is 1. The smallest absolute Gasteiger partial charge is 0.240 e. The number of nitriles is 1. The fraction of sp³-hybridized carbons (Fsp3) is 0.867. The minimum absolute atomic E-state index is 0.0165. The van der Waals surface area contributed by atoms with Gasteiger partial charge < -0.3 is 10.2 Å². The Kier molecular flexibility index (Phi) is 4.81. The molecular formula is C15H25N3O. The first-order valence-electron chi connectivity index (χ1n) is 7.57. The topological polar surface area (TPSA) is 56.1 Å². The molecule has 1 saturated carbocycles. The van der Waals surface area contributed by atoms with Crippen molar-refractivity contribution in [1.29, 1.82) is 5.26 Å². The molecule has 2 rings (SSSR count). The molecule has 0 aromatic heterocycles. The van der Waals surface area contributed by atoms with E-state index in [9.17, 15) is 10.1 Å². The summed E-state index contributed by atoms with van der Waals surface area (Å²) in [6.45, 7) is 2.02. The molecule has 0 bridgehead atoms. The predicted octanol–water partition coefficient (Wildman–Crippen LogP) is 2.06. The highest BCUT2D eigenvalue weighted by molar-refractivity contribution is 5.85. The number of carbonyl (C=O) groups is 1. The van der Waals surface area contributed by atoms with E-state index in [-0.39, 0.29) is 11.9 Å². The van der Waals surface area contributed by atoms with Crippen LogP contribution in [0.4, 0.5) is 0 Å². The summed E-state index contributed by atoms with van der Waals surface area (Å²) in [6.07, 6.45) is 7.96. The predicted molar refractivity (Wildman–Crippen MR) is 74.4 cm³/mol. The molecule has 1 saturated heterocycles. The fourth-order valence-electron chi connectivity index (χ4n) is 3.33. The Morgan fingerprint density at radius 2 is 1.95 bits per heavy atom. The second-order valence-electron chi connectivity index (χ2n) is 6.18. The lowest BCUT2D eigenvalue weighted by Gasteiger charge is -2.33. The van der Waals surface area contributed by atoms with Crippen LogP contribution in [-0.4, -0.2) is 37.0 Å². The highest BCUT2D eigenvalue weighted by Gasteiger charge is 2.39. The first-order chi connectivity index (χ1) is 9.16. The first-order valence-corrected chi connectivity index (χ1v) is 7.57. The van der Waals surface area contributed by atoms with Gasteiger partial charge in [-0.25, -0.2) is 0 Å². The number of amides is 1. The third kappa shape index (κ3) is 3.48. The zero-order valence-corrected chi connectivity index (χ0v) is 12.0. The normalized spacial score (nSPS) is 28.1. The lowest BCUT2D eigenvalue weighted by Crippen LogP contribution is -2.50. The van der Waals surface area contributed by atoms with E-state index in [0.717, 1.165) is 64.5 Å².